The second-order valence-corrected chi connectivity index (χ2v) is 6.72. The van der Waals surface area contributed by atoms with Crippen molar-refractivity contribution in [3.63, 3.8) is 0 Å². The van der Waals surface area contributed by atoms with Crippen LogP contribution in [0.25, 0.3) is 0 Å². The maximum atomic E-state index is 12.5. The third-order valence-corrected chi connectivity index (χ3v) is 4.55. The molecule has 0 spiro atoms. The average Bonchev–Trinajstić information content (AvgIpc) is 2.46. The lowest BCUT2D eigenvalue weighted by atomic mass is 9.85. The van der Waals surface area contributed by atoms with E-state index in [4.69, 9.17) is 0 Å². The Hall–Kier alpha value is -1.51. The van der Waals surface area contributed by atoms with E-state index in [1.165, 1.54) is 5.56 Å². The summed E-state index contributed by atoms with van der Waals surface area (Å²) in [7, 11) is 0. The van der Waals surface area contributed by atoms with Gasteiger partial charge in [0, 0.05) is 24.3 Å². The molecular weight excluding hydrogens is 260 g/mol. The maximum Gasteiger partial charge on any atom is 0.251 e. The summed E-state index contributed by atoms with van der Waals surface area (Å²) in [5.41, 5.74) is 3.14. The normalized spacial score (nSPS) is 14.2. The Balaban J connectivity index is 2.07. The number of carbonyl (C=O) groups is 1. The molecule has 0 atom stereocenters. The van der Waals surface area contributed by atoms with Gasteiger partial charge in [0.2, 0.25) is 0 Å². The Bertz CT molecular complexity index is 486. The molecule has 1 aromatic carbocycles. The van der Waals surface area contributed by atoms with Crippen molar-refractivity contribution in [3.05, 3.63) is 29.3 Å². The second-order valence-electron chi connectivity index (χ2n) is 6.72. The van der Waals surface area contributed by atoms with Gasteiger partial charge in [-0.3, -0.25) is 4.79 Å². The average molecular weight is 288 g/mol. The van der Waals surface area contributed by atoms with Crippen molar-refractivity contribution in [2.75, 3.05) is 18.4 Å². The number of anilines is 1. The highest BCUT2D eigenvalue weighted by atomic mass is 16.1. The van der Waals surface area contributed by atoms with Gasteiger partial charge in [-0.25, -0.2) is 0 Å². The fraction of sp³-hybridized carbons (Fsp3) is 0.611. The van der Waals surface area contributed by atoms with Gasteiger partial charge in [-0.15, -0.1) is 0 Å². The highest BCUT2D eigenvalue weighted by molar-refractivity contribution is 5.97. The summed E-state index contributed by atoms with van der Waals surface area (Å²) in [6, 6.07) is 5.98. The Kier molecular flexibility index (Phi) is 5.27. The molecule has 1 amide bonds. The summed E-state index contributed by atoms with van der Waals surface area (Å²) < 4.78 is 0. The first-order valence-electron chi connectivity index (χ1n) is 8.14. The number of nitrogens with one attached hydrogen (secondary N) is 2. The van der Waals surface area contributed by atoms with Gasteiger partial charge in [0.1, 0.15) is 0 Å². The van der Waals surface area contributed by atoms with Crippen molar-refractivity contribution < 1.29 is 4.79 Å². The molecule has 0 aromatic heterocycles. The van der Waals surface area contributed by atoms with E-state index in [2.05, 4.69) is 44.4 Å². The van der Waals surface area contributed by atoms with Crippen molar-refractivity contribution in [1.29, 1.82) is 0 Å². The number of hydrogen-bond acceptors (Lipinski definition) is 2. The molecule has 0 saturated heterocycles. The molecule has 0 saturated carbocycles. The summed E-state index contributed by atoms with van der Waals surface area (Å²) in [6.45, 7) is 10.7. The van der Waals surface area contributed by atoms with Crippen molar-refractivity contribution in [2.24, 2.45) is 17.8 Å². The van der Waals surface area contributed by atoms with Crippen LogP contribution in [-0.2, 0) is 6.42 Å². The van der Waals surface area contributed by atoms with Gasteiger partial charge in [0.05, 0.1) is 0 Å². The lowest BCUT2D eigenvalue weighted by Gasteiger charge is -2.26. The molecule has 3 nitrogen and oxygen atoms in total. The molecule has 21 heavy (non-hydrogen) atoms. The van der Waals surface area contributed by atoms with Crippen LogP contribution in [0.1, 0.15) is 50.0 Å². The molecule has 0 bridgehead atoms. The van der Waals surface area contributed by atoms with Crippen LogP contribution in [0, 0.1) is 17.8 Å². The first-order chi connectivity index (χ1) is 10.0. The summed E-state index contributed by atoms with van der Waals surface area (Å²) in [4.78, 5) is 12.5. The van der Waals surface area contributed by atoms with E-state index >= 15 is 0 Å². The minimum absolute atomic E-state index is 0.0712. The predicted octanol–water partition coefficient (Wildman–Crippen LogP) is 3.70. The zero-order valence-corrected chi connectivity index (χ0v) is 13.7. The largest absolute Gasteiger partial charge is 0.385 e. The van der Waals surface area contributed by atoms with E-state index in [9.17, 15) is 4.79 Å². The summed E-state index contributed by atoms with van der Waals surface area (Å²) in [6.07, 6.45) is 2.08. The number of hydrogen-bond donors (Lipinski definition) is 2. The molecule has 2 rings (SSSR count). The first-order valence-corrected chi connectivity index (χ1v) is 8.14. The second kappa shape index (κ2) is 6.97. The lowest BCUT2D eigenvalue weighted by Crippen LogP contribution is -2.34. The summed E-state index contributed by atoms with van der Waals surface area (Å²) in [5.74, 6) is 1.75. The maximum absolute atomic E-state index is 12.5. The third-order valence-electron chi connectivity index (χ3n) is 4.55. The smallest absolute Gasteiger partial charge is 0.251 e. The van der Waals surface area contributed by atoms with Crippen LogP contribution < -0.4 is 10.6 Å². The minimum Gasteiger partial charge on any atom is -0.385 e. The Morgan fingerprint density at radius 3 is 2.62 bits per heavy atom. The standard InChI is InChI=1S/C18H28N2O/c1-12(2)16(13(3)4)11-20-18(21)15-7-5-9-17-14(15)8-6-10-19-17/h5,7,9,12-13,16,19H,6,8,10-11H2,1-4H3,(H,20,21). The minimum atomic E-state index is 0.0712. The Morgan fingerprint density at radius 1 is 1.24 bits per heavy atom. The van der Waals surface area contributed by atoms with Gasteiger partial charge in [-0.2, -0.15) is 0 Å². The summed E-state index contributed by atoms with van der Waals surface area (Å²) in [5, 5.41) is 6.52. The zero-order valence-electron chi connectivity index (χ0n) is 13.7. The van der Waals surface area contributed by atoms with Crippen LogP contribution in [0.3, 0.4) is 0 Å². The molecule has 1 aliphatic rings. The van der Waals surface area contributed by atoms with Gasteiger partial charge in [-0.1, -0.05) is 33.8 Å². The molecule has 0 unspecified atom stereocenters. The highest BCUT2D eigenvalue weighted by Crippen LogP contribution is 2.25. The van der Waals surface area contributed by atoms with Crippen molar-refractivity contribution >= 4 is 11.6 Å². The molecule has 1 aliphatic heterocycles. The van der Waals surface area contributed by atoms with Gasteiger partial charge in [0.25, 0.3) is 5.91 Å². The molecular formula is C18H28N2O. The zero-order chi connectivity index (χ0) is 15.4. The molecule has 2 N–H and O–H groups in total. The Labute approximate surface area is 128 Å². The lowest BCUT2D eigenvalue weighted by molar-refractivity contribution is 0.0936. The third kappa shape index (κ3) is 3.78. The molecule has 3 heteroatoms. The van der Waals surface area contributed by atoms with E-state index in [0.717, 1.165) is 37.2 Å². The molecule has 0 fully saturated rings. The van der Waals surface area contributed by atoms with Crippen molar-refractivity contribution in [1.82, 2.24) is 5.32 Å². The fourth-order valence-electron chi connectivity index (χ4n) is 3.27. The van der Waals surface area contributed by atoms with Crippen molar-refractivity contribution in [3.8, 4) is 0 Å². The fourth-order valence-corrected chi connectivity index (χ4v) is 3.27. The predicted molar refractivity (Wildman–Crippen MR) is 88.8 cm³/mol. The molecule has 116 valence electrons. The van der Waals surface area contributed by atoms with Crippen LogP contribution in [0.4, 0.5) is 5.69 Å². The monoisotopic (exact) mass is 288 g/mol. The number of rotatable bonds is 5. The van der Waals surface area contributed by atoms with E-state index < -0.39 is 0 Å². The van der Waals surface area contributed by atoms with Gasteiger partial charge in [-0.05, 0) is 48.3 Å². The van der Waals surface area contributed by atoms with Crippen LogP contribution in [0.15, 0.2) is 18.2 Å². The van der Waals surface area contributed by atoms with Gasteiger partial charge < -0.3 is 10.6 Å². The number of benzene rings is 1. The van der Waals surface area contributed by atoms with Gasteiger partial charge >= 0.3 is 0 Å². The van der Waals surface area contributed by atoms with E-state index in [1.54, 1.807) is 0 Å². The van der Waals surface area contributed by atoms with Crippen LogP contribution in [-0.4, -0.2) is 19.0 Å². The first kappa shape index (κ1) is 15.9. The highest BCUT2D eigenvalue weighted by Gasteiger charge is 2.21. The number of amides is 1. The van der Waals surface area contributed by atoms with Crippen LogP contribution >= 0.6 is 0 Å². The quantitative estimate of drug-likeness (QED) is 0.867. The molecule has 1 aromatic rings. The van der Waals surface area contributed by atoms with Crippen LogP contribution in [0.5, 0.6) is 0 Å². The van der Waals surface area contributed by atoms with E-state index in [1.807, 2.05) is 12.1 Å². The topological polar surface area (TPSA) is 41.1 Å². The van der Waals surface area contributed by atoms with Gasteiger partial charge in [0.15, 0.2) is 0 Å². The van der Waals surface area contributed by atoms with Crippen LogP contribution in [0.2, 0.25) is 0 Å². The molecule has 0 aliphatic carbocycles. The Morgan fingerprint density at radius 2 is 1.95 bits per heavy atom. The number of fused-ring (bicyclic) bond motifs is 1. The number of carbonyl (C=O) groups excluding carboxylic acids is 1. The SMILES string of the molecule is CC(C)C(CNC(=O)c1cccc2c1CCCN2)C(C)C. The summed E-state index contributed by atoms with van der Waals surface area (Å²) >= 11 is 0. The van der Waals surface area contributed by atoms with E-state index in [-0.39, 0.29) is 5.91 Å². The van der Waals surface area contributed by atoms with Crippen molar-refractivity contribution in [2.45, 2.75) is 40.5 Å². The van der Waals surface area contributed by atoms with E-state index in [0.29, 0.717) is 17.8 Å². The molecule has 0 radical (unpaired) electrons. The molecule has 1 heterocycles.